The molecule has 0 aliphatic heterocycles. The summed E-state index contributed by atoms with van der Waals surface area (Å²) in [6.45, 7) is 4.86. The van der Waals surface area contributed by atoms with Crippen LogP contribution in [0.5, 0.6) is 11.6 Å². The van der Waals surface area contributed by atoms with Gasteiger partial charge in [0.2, 0.25) is 5.88 Å². The van der Waals surface area contributed by atoms with Crippen LogP contribution < -0.4 is 9.46 Å². The lowest BCUT2D eigenvalue weighted by Crippen LogP contribution is -2.06. The highest BCUT2D eigenvalue weighted by molar-refractivity contribution is 7.97. The second kappa shape index (κ2) is 10.1. The van der Waals surface area contributed by atoms with E-state index in [0.29, 0.717) is 23.4 Å². The first-order valence-corrected chi connectivity index (χ1v) is 12.5. The van der Waals surface area contributed by atoms with Gasteiger partial charge in [0.15, 0.2) is 0 Å². The Morgan fingerprint density at radius 1 is 1.09 bits per heavy atom. The number of rotatable bonds is 8. The number of hydrogen-bond donors (Lipinski definition) is 1. The van der Waals surface area contributed by atoms with Crippen LogP contribution in [-0.4, -0.2) is 15.0 Å². The number of aryl methyl sites for hydroxylation is 2. The van der Waals surface area contributed by atoms with Gasteiger partial charge in [-0.1, -0.05) is 35.4 Å². The van der Waals surface area contributed by atoms with Crippen LogP contribution in [0, 0.1) is 13.8 Å². The molecule has 0 spiro atoms. The van der Waals surface area contributed by atoms with Crippen molar-refractivity contribution in [3.05, 3.63) is 94.5 Å². The number of nitrogens with zero attached hydrogens (tertiary/aromatic N) is 3. The van der Waals surface area contributed by atoms with Gasteiger partial charge in [-0.3, -0.25) is 14.7 Å². The van der Waals surface area contributed by atoms with E-state index in [0.717, 1.165) is 33.2 Å². The smallest absolute Gasteiger partial charge is 0.234 e. The van der Waals surface area contributed by atoms with Gasteiger partial charge in [0.25, 0.3) is 0 Å². The SMILES string of the molecule is Cc1cc(C)c(Oc2nc(-c3cncc(Cl)c3)ccc2SNCc2ccccn2)c(C2CC2)c1. The van der Waals surface area contributed by atoms with Crippen LogP contribution in [0.4, 0.5) is 0 Å². The van der Waals surface area contributed by atoms with Gasteiger partial charge >= 0.3 is 0 Å². The molecular weight excluding hydrogens is 464 g/mol. The summed E-state index contributed by atoms with van der Waals surface area (Å²) in [7, 11) is 0. The Bertz CT molecular complexity index is 1310. The molecule has 3 aromatic heterocycles. The van der Waals surface area contributed by atoms with Gasteiger partial charge in [0.05, 0.1) is 21.3 Å². The summed E-state index contributed by atoms with van der Waals surface area (Å²) in [5.41, 5.74) is 6.22. The molecular formula is C27H25ClN4OS. The second-order valence-corrected chi connectivity index (χ2v) is 9.88. The molecule has 4 aromatic rings. The fraction of sp³-hybridized carbons (Fsp3) is 0.222. The van der Waals surface area contributed by atoms with Crippen molar-refractivity contribution >= 4 is 23.5 Å². The average molecular weight is 489 g/mol. The summed E-state index contributed by atoms with van der Waals surface area (Å²) in [5, 5.41) is 0.572. The third kappa shape index (κ3) is 5.41. The molecule has 0 radical (unpaired) electrons. The van der Waals surface area contributed by atoms with Gasteiger partial charge in [-0.2, -0.15) is 0 Å². The Kier molecular flexibility index (Phi) is 6.81. The van der Waals surface area contributed by atoms with Gasteiger partial charge in [-0.05, 0) is 86.0 Å². The first-order chi connectivity index (χ1) is 16.6. The van der Waals surface area contributed by atoms with Crippen molar-refractivity contribution in [1.82, 2.24) is 19.7 Å². The van der Waals surface area contributed by atoms with E-state index in [2.05, 4.69) is 40.7 Å². The maximum atomic E-state index is 6.58. The average Bonchev–Trinajstić information content (AvgIpc) is 3.67. The van der Waals surface area contributed by atoms with Crippen molar-refractivity contribution in [3.63, 3.8) is 0 Å². The zero-order chi connectivity index (χ0) is 23.5. The summed E-state index contributed by atoms with van der Waals surface area (Å²) < 4.78 is 9.97. The Morgan fingerprint density at radius 2 is 1.97 bits per heavy atom. The molecule has 172 valence electrons. The molecule has 1 N–H and O–H groups in total. The predicted octanol–water partition coefficient (Wildman–Crippen LogP) is 7.28. The minimum atomic E-state index is 0.560. The van der Waals surface area contributed by atoms with Crippen LogP contribution in [0.15, 0.2) is 72.0 Å². The summed E-state index contributed by atoms with van der Waals surface area (Å²) in [6, 6.07) is 16.2. The summed E-state index contributed by atoms with van der Waals surface area (Å²) in [6.07, 6.45) is 7.58. The highest BCUT2D eigenvalue weighted by Gasteiger charge is 2.28. The van der Waals surface area contributed by atoms with Gasteiger partial charge < -0.3 is 4.74 Å². The lowest BCUT2D eigenvalue weighted by Gasteiger charge is -2.17. The molecule has 0 amide bonds. The number of benzene rings is 1. The van der Waals surface area contributed by atoms with E-state index in [1.54, 1.807) is 18.6 Å². The molecule has 0 bridgehead atoms. The van der Waals surface area contributed by atoms with Crippen LogP contribution in [0.25, 0.3) is 11.3 Å². The normalized spacial score (nSPS) is 13.1. The second-order valence-electron chi connectivity index (χ2n) is 8.51. The molecule has 0 unspecified atom stereocenters. The number of halogens is 1. The molecule has 0 saturated heterocycles. The van der Waals surface area contributed by atoms with Gasteiger partial charge in [-0.25, -0.2) is 4.98 Å². The summed E-state index contributed by atoms with van der Waals surface area (Å²) >= 11 is 7.67. The largest absolute Gasteiger partial charge is 0.437 e. The van der Waals surface area contributed by atoms with E-state index in [-0.39, 0.29) is 0 Å². The van der Waals surface area contributed by atoms with Crippen molar-refractivity contribution in [3.8, 4) is 22.9 Å². The quantitative estimate of drug-likeness (QED) is 0.263. The molecule has 7 heteroatoms. The molecule has 3 heterocycles. The third-order valence-electron chi connectivity index (χ3n) is 5.65. The van der Waals surface area contributed by atoms with Crippen LogP contribution >= 0.6 is 23.5 Å². The highest BCUT2D eigenvalue weighted by atomic mass is 35.5. The molecule has 1 aromatic carbocycles. The van der Waals surface area contributed by atoms with Gasteiger partial charge in [0, 0.05) is 30.7 Å². The first-order valence-electron chi connectivity index (χ1n) is 11.3. The lowest BCUT2D eigenvalue weighted by molar-refractivity contribution is 0.442. The van der Waals surface area contributed by atoms with Crippen molar-refractivity contribution in [2.45, 2.75) is 44.0 Å². The molecule has 1 saturated carbocycles. The first kappa shape index (κ1) is 22.8. The van der Waals surface area contributed by atoms with Gasteiger partial charge in [-0.15, -0.1) is 0 Å². The number of hydrogen-bond acceptors (Lipinski definition) is 6. The molecule has 34 heavy (non-hydrogen) atoms. The number of aromatic nitrogens is 3. The molecule has 1 aliphatic rings. The number of nitrogens with one attached hydrogen (secondary N) is 1. The Balaban J connectivity index is 1.48. The minimum absolute atomic E-state index is 0.560. The van der Waals surface area contributed by atoms with Crippen LogP contribution in [0.3, 0.4) is 0 Å². The van der Waals surface area contributed by atoms with E-state index in [1.165, 1.54) is 35.9 Å². The van der Waals surface area contributed by atoms with Crippen molar-refractivity contribution in [2.24, 2.45) is 0 Å². The zero-order valence-electron chi connectivity index (χ0n) is 19.1. The third-order valence-corrected chi connectivity index (χ3v) is 6.68. The molecule has 1 fully saturated rings. The van der Waals surface area contributed by atoms with E-state index in [4.69, 9.17) is 21.3 Å². The van der Waals surface area contributed by atoms with Crippen molar-refractivity contribution < 1.29 is 4.74 Å². The van der Waals surface area contributed by atoms with E-state index < -0.39 is 0 Å². The van der Waals surface area contributed by atoms with E-state index >= 15 is 0 Å². The molecule has 5 rings (SSSR count). The van der Waals surface area contributed by atoms with Crippen LogP contribution in [0.1, 0.15) is 41.1 Å². The Labute approximate surface area is 209 Å². The van der Waals surface area contributed by atoms with Crippen molar-refractivity contribution in [1.29, 1.82) is 0 Å². The van der Waals surface area contributed by atoms with E-state index in [1.807, 2.05) is 36.4 Å². The Hall–Kier alpha value is -2.93. The van der Waals surface area contributed by atoms with Crippen LogP contribution in [0.2, 0.25) is 5.02 Å². The standard InChI is InChI=1S/C27H25ClN4OS/c1-17-11-18(2)26(23(12-17)19-6-7-19)33-27-25(34-31-16-22-5-3-4-10-30-22)9-8-24(32-27)20-13-21(28)15-29-14-20/h3-5,8-15,19,31H,6-7,16H2,1-2H3. The number of ether oxygens (including phenoxy) is 1. The maximum Gasteiger partial charge on any atom is 0.234 e. The minimum Gasteiger partial charge on any atom is -0.437 e. The van der Waals surface area contributed by atoms with Crippen molar-refractivity contribution in [2.75, 3.05) is 0 Å². The topological polar surface area (TPSA) is 59.9 Å². The fourth-order valence-corrected chi connectivity index (χ4v) is 4.76. The Morgan fingerprint density at radius 3 is 2.74 bits per heavy atom. The van der Waals surface area contributed by atoms with Gasteiger partial charge in [0.1, 0.15) is 5.75 Å². The predicted molar refractivity (Wildman–Crippen MR) is 137 cm³/mol. The maximum absolute atomic E-state index is 6.58. The zero-order valence-corrected chi connectivity index (χ0v) is 20.7. The summed E-state index contributed by atoms with van der Waals surface area (Å²) in [4.78, 5) is 14.4. The number of pyridine rings is 3. The molecule has 0 atom stereocenters. The molecule has 1 aliphatic carbocycles. The van der Waals surface area contributed by atoms with E-state index in [9.17, 15) is 0 Å². The fourth-order valence-electron chi connectivity index (χ4n) is 3.90. The molecule has 5 nitrogen and oxygen atoms in total. The monoisotopic (exact) mass is 488 g/mol. The summed E-state index contributed by atoms with van der Waals surface area (Å²) in [5.74, 6) is 2.03. The lowest BCUT2D eigenvalue weighted by atomic mass is 10.0. The van der Waals surface area contributed by atoms with Crippen LogP contribution in [-0.2, 0) is 6.54 Å². The highest BCUT2D eigenvalue weighted by Crippen LogP contribution is 2.47.